The van der Waals surface area contributed by atoms with Crippen molar-refractivity contribution in [1.82, 2.24) is 4.90 Å². The first kappa shape index (κ1) is 17.9. The standard InChI is InChI=1S/C21H21NO4/c1-15(20(24)17-10-6-3-7-11-17)26-21(25)18-12-19(23)22(14-18)13-16-8-4-2-5-9-16/h2-11,15,18H,12-14H2,1H3/t15-,18+/m0/s1. The predicted molar refractivity (Wildman–Crippen MR) is 96.3 cm³/mol. The third-order valence-corrected chi connectivity index (χ3v) is 4.48. The van der Waals surface area contributed by atoms with Crippen LogP contribution >= 0.6 is 0 Å². The first-order valence-electron chi connectivity index (χ1n) is 8.66. The van der Waals surface area contributed by atoms with Gasteiger partial charge in [-0.3, -0.25) is 14.4 Å². The number of likely N-dealkylation sites (tertiary alicyclic amines) is 1. The van der Waals surface area contributed by atoms with E-state index in [2.05, 4.69) is 0 Å². The number of rotatable bonds is 6. The molecule has 2 aromatic carbocycles. The van der Waals surface area contributed by atoms with Gasteiger partial charge >= 0.3 is 5.97 Å². The minimum absolute atomic E-state index is 0.0714. The van der Waals surface area contributed by atoms with Crippen LogP contribution in [0.3, 0.4) is 0 Å². The number of hydrogen-bond donors (Lipinski definition) is 0. The Morgan fingerprint density at radius 1 is 1.08 bits per heavy atom. The summed E-state index contributed by atoms with van der Waals surface area (Å²) in [4.78, 5) is 38.5. The van der Waals surface area contributed by atoms with Gasteiger partial charge in [0.1, 0.15) is 0 Å². The zero-order valence-electron chi connectivity index (χ0n) is 14.6. The van der Waals surface area contributed by atoms with Gasteiger partial charge in [0.2, 0.25) is 11.7 Å². The smallest absolute Gasteiger partial charge is 0.311 e. The molecule has 1 aliphatic rings. The third kappa shape index (κ3) is 4.17. The molecule has 0 bridgehead atoms. The van der Waals surface area contributed by atoms with Crippen LogP contribution in [0, 0.1) is 5.92 Å². The third-order valence-electron chi connectivity index (χ3n) is 4.48. The van der Waals surface area contributed by atoms with Gasteiger partial charge in [0.05, 0.1) is 5.92 Å². The van der Waals surface area contributed by atoms with Gasteiger partial charge in [0.25, 0.3) is 0 Å². The van der Waals surface area contributed by atoms with Gasteiger partial charge < -0.3 is 9.64 Å². The Hall–Kier alpha value is -2.95. The molecule has 0 unspecified atom stereocenters. The summed E-state index contributed by atoms with van der Waals surface area (Å²) in [5.41, 5.74) is 1.52. The summed E-state index contributed by atoms with van der Waals surface area (Å²) in [5, 5.41) is 0. The van der Waals surface area contributed by atoms with E-state index >= 15 is 0 Å². The Balaban J connectivity index is 1.57. The van der Waals surface area contributed by atoms with Gasteiger partial charge in [-0.15, -0.1) is 0 Å². The number of ether oxygens (including phenoxy) is 1. The molecule has 5 heteroatoms. The number of amides is 1. The quantitative estimate of drug-likeness (QED) is 0.593. The maximum absolute atomic E-state index is 12.4. The minimum atomic E-state index is -0.872. The topological polar surface area (TPSA) is 63.7 Å². The molecule has 26 heavy (non-hydrogen) atoms. The predicted octanol–water partition coefficient (Wildman–Crippen LogP) is 2.85. The minimum Gasteiger partial charge on any atom is -0.454 e. The highest BCUT2D eigenvalue weighted by atomic mass is 16.5. The Labute approximate surface area is 152 Å². The zero-order valence-corrected chi connectivity index (χ0v) is 14.6. The molecule has 1 fully saturated rings. The van der Waals surface area contributed by atoms with Crippen LogP contribution in [-0.2, 0) is 20.9 Å². The summed E-state index contributed by atoms with van der Waals surface area (Å²) in [7, 11) is 0. The maximum atomic E-state index is 12.4. The van der Waals surface area contributed by atoms with Crippen LogP contribution in [0.15, 0.2) is 60.7 Å². The molecule has 1 saturated heterocycles. The van der Waals surface area contributed by atoms with E-state index in [1.165, 1.54) is 0 Å². The SMILES string of the molecule is C[C@H](OC(=O)[C@@H]1CC(=O)N(Cc2ccccc2)C1)C(=O)c1ccccc1. The molecule has 2 aromatic rings. The van der Waals surface area contributed by atoms with Gasteiger partial charge in [-0.1, -0.05) is 60.7 Å². The van der Waals surface area contributed by atoms with E-state index in [1.807, 2.05) is 36.4 Å². The number of Topliss-reactive ketones (excluding diaryl/α,β-unsaturated/α-hetero) is 1. The summed E-state index contributed by atoms with van der Waals surface area (Å²) in [6.07, 6.45) is -0.749. The second-order valence-electron chi connectivity index (χ2n) is 6.47. The van der Waals surface area contributed by atoms with E-state index in [-0.39, 0.29) is 18.1 Å². The molecule has 5 nitrogen and oxygen atoms in total. The maximum Gasteiger partial charge on any atom is 0.311 e. The van der Waals surface area contributed by atoms with E-state index < -0.39 is 18.0 Å². The fourth-order valence-electron chi connectivity index (χ4n) is 3.05. The summed E-state index contributed by atoms with van der Waals surface area (Å²) in [5.74, 6) is -1.34. The second kappa shape index (κ2) is 7.95. The molecule has 3 rings (SSSR count). The monoisotopic (exact) mass is 351 g/mol. The van der Waals surface area contributed by atoms with E-state index in [0.717, 1.165) is 5.56 Å². The molecule has 1 amide bonds. The van der Waals surface area contributed by atoms with E-state index in [0.29, 0.717) is 18.7 Å². The lowest BCUT2D eigenvalue weighted by Gasteiger charge is -2.17. The molecule has 0 aliphatic carbocycles. The lowest BCUT2D eigenvalue weighted by molar-refractivity contribution is -0.151. The largest absolute Gasteiger partial charge is 0.454 e. The molecule has 2 atom stereocenters. The molecule has 134 valence electrons. The molecule has 1 aliphatic heterocycles. The fraction of sp³-hybridized carbons (Fsp3) is 0.286. The molecule has 1 heterocycles. The van der Waals surface area contributed by atoms with Gasteiger partial charge in [-0.25, -0.2) is 0 Å². The fourth-order valence-corrected chi connectivity index (χ4v) is 3.05. The van der Waals surface area contributed by atoms with Crippen molar-refractivity contribution in [1.29, 1.82) is 0 Å². The molecular formula is C21H21NO4. The van der Waals surface area contributed by atoms with Gasteiger partial charge in [-0.05, 0) is 12.5 Å². The van der Waals surface area contributed by atoms with Crippen molar-refractivity contribution in [3.8, 4) is 0 Å². The molecule has 0 N–H and O–H groups in total. The highest BCUT2D eigenvalue weighted by Gasteiger charge is 2.36. The van der Waals surface area contributed by atoms with Crippen molar-refractivity contribution in [2.45, 2.75) is 26.0 Å². The van der Waals surface area contributed by atoms with Crippen molar-refractivity contribution in [3.05, 3.63) is 71.8 Å². The summed E-state index contributed by atoms with van der Waals surface area (Å²) >= 11 is 0. The number of nitrogens with zero attached hydrogens (tertiary/aromatic N) is 1. The Bertz CT molecular complexity index is 788. The number of ketones is 1. The van der Waals surface area contributed by atoms with E-state index in [9.17, 15) is 14.4 Å². The average Bonchev–Trinajstić information content (AvgIpc) is 3.03. The van der Waals surface area contributed by atoms with Gasteiger partial charge in [0.15, 0.2) is 6.10 Å². The number of benzene rings is 2. The van der Waals surface area contributed by atoms with Gasteiger partial charge in [-0.2, -0.15) is 0 Å². The van der Waals surface area contributed by atoms with Crippen molar-refractivity contribution in [2.24, 2.45) is 5.92 Å². The van der Waals surface area contributed by atoms with Crippen LogP contribution < -0.4 is 0 Å². The number of hydrogen-bond acceptors (Lipinski definition) is 4. The molecule has 0 saturated carbocycles. The molecule has 0 radical (unpaired) electrons. The normalized spacial score (nSPS) is 17.8. The second-order valence-corrected chi connectivity index (χ2v) is 6.47. The highest BCUT2D eigenvalue weighted by molar-refractivity contribution is 6.00. The first-order chi connectivity index (χ1) is 12.5. The van der Waals surface area contributed by atoms with Crippen molar-refractivity contribution in [2.75, 3.05) is 6.54 Å². The Morgan fingerprint density at radius 2 is 1.69 bits per heavy atom. The number of carbonyl (C=O) groups is 3. The zero-order chi connectivity index (χ0) is 18.5. The number of esters is 1. The average molecular weight is 351 g/mol. The van der Waals surface area contributed by atoms with Crippen molar-refractivity contribution in [3.63, 3.8) is 0 Å². The van der Waals surface area contributed by atoms with Crippen molar-refractivity contribution < 1.29 is 19.1 Å². The summed E-state index contributed by atoms with van der Waals surface area (Å²) in [6, 6.07) is 18.4. The Morgan fingerprint density at radius 3 is 2.35 bits per heavy atom. The lowest BCUT2D eigenvalue weighted by atomic mass is 10.1. The van der Waals surface area contributed by atoms with E-state index in [4.69, 9.17) is 4.74 Å². The first-order valence-corrected chi connectivity index (χ1v) is 8.66. The van der Waals surface area contributed by atoms with Crippen LogP contribution in [0.25, 0.3) is 0 Å². The summed E-state index contributed by atoms with van der Waals surface area (Å²) < 4.78 is 5.33. The van der Waals surface area contributed by atoms with Crippen LogP contribution in [0.1, 0.15) is 29.3 Å². The van der Waals surface area contributed by atoms with Crippen LogP contribution in [0.5, 0.6) is 0 Å². The van der Waals surface area contributed by atoms with Crippen LogP contribution in [0.2, 0.25) is 0 Å². The summed E-state index contributed by atoms with van der Waals surface area (Å²) in [6.45, 7) is 2.35. The lowest BCUT2D eigenvalue weighted by Crippen LogP contribution is -2.30. The molecule has 0 aromatic heterocycles. The molecular weight excluding hydrogens is 330 g/mol. The van der Waals surface area contributed by atoms with Gasteiger partial charge in [0, 0.05) is 25.1 Å². The van der Waals surface area contributed by atoms with Crippen LogP contribution in [-0.4, -0.2) is 35.2 Å². The number of carbonyl (C=O) groups excluding carboxylic acids is 3. The van der Waals surface area contributed by atoms with E-state index in [1.54, 1.807) is 36.1 Å². The van der Waals surface area contributed by atoms with Crippen molar-refractivity contribution >= 4 is 17.7 Å². The molecule has 0 spiro atoms. The Kier molecular flexibility index (Phi) is 5.46. The highest BCUT2D eigenvalue weighted by Crippen LogP contribution is 2.22. The van der Waals surface area contributed by atoms with Crippen LogP contribution in [0.4, 0.5) is 0 Å².